The number of carboxylic acid groups (broad SMARTS) is 1. The Balaban J connectivity index is 1.19. The van der Waals surface area contributed by atoms with E-state index in [1.807, 2.05) is 48.8 Å². The van der Waals surface area contributed by atoms with Crippen LogP contribution in [0.5, 0.6) is 0 Å². The lowest BCUT2D eigenvalue weighted by atomic mass is 9.77. The minimum Gasteiger partial charge on any atom is -0.480 e. The van der Waals surface area contributed by atoms with E-state index in [-0.39, 0.29) is 17.4 Å². The molecule has 0 radical (unpaired) electrons. The monoisotopic (exact) mass is 694 g/mol. The number of amides is 1. The molecule has 5 rings (SSSR count). The van der Waals surface area contributed by atoms with Gasteiger partial charge in [-0.3, -0.25) is 9.59 Å². The number of nitrogens with one attached hydrogen (secondary N) is 2. The number of nitrogens with zero attached hydrogens (tertiary/aromatic N) is 2. The first-order valence-electron chi connectivity index (χ1n) is 18.4. The van der Waals surface area contributed by atoms with E-state index in [4.69, 9.17) is 9.97 Å². The number of carbonyl (C=O) groups excluding carboxylic acids is 1. The van der Waals surface area contributed by atoms with Gasteiger partial charge in [-0.25, -0.2) is 9.97 Å². The van der Waals surface area contributed by atoms with E-state index in [9.17, 15) is 14.7 Å². The molecule has 1 aliphatic rings. The molecule has 2 atom stereocenters. The Kier molecular flexibility index (Phi) is 13.0. The lowest BCUT2D eigenvalue weighted by Gasteiger charge is -2.29. The molecule has 0 spiro atoms. The maximum atomic E-state index is 13.2. The van der Waals surface area contributed by atoms with Gasteiger partial charge in [0, 0.05) is 41.0 Å². The summed E-state index contributed by atoms with van der Waals surface area (Å²) in [5.41, 5.74) is 5.47. The van der Waals surface area contributed by atoms with Gasteiger partial charge in [0.2, 0.25) is 0 Å². The van der Waals surface area contributed by atoms with Crippen molar-refractivity contribution >= 4 is 23.2 Å². The average Bonchev–Trinajstić information content (AvgIpc) is 3.63. The van der Waals surface area contributed by atoms with Gasteiger partial charge in [-0.05, 0) is 85.1 Å². The Bertz CT molecular complexity index is 1670. The summed E-state index contributed by atoms with van der Waals surface area (Å²) in [5.74, 6) is 1.17. The highest BCUT2D eigenvalue weighted by Crippen LogP contribution is 2.38. The first-order valence-corrected chi connectivity index (χ1v) is 19.2. The zero-order valence-corrected chi connectivity index (χ0v) is 31.2. The van der Waals surface area contributed by atoms with Crippen molar-refractivity contribution in [1.29, 1.82) is 0 Å². The van der Waals surface area contributed by atoms with E-state index >= 15 is 0 Å². The van der Waals surface area contributed by atoms with Crippen LogP contribution < -0.4 is 10.6 Å². The molecule has 1 saturated carbocycles. The van der Waals surface area contributed by atoms with Crippen molar-refractivity contribution < 1.29 is 14.7 Å². The molecule has 3 N–H and O–H groups in total. The summed E-state index contributed by atoms with van der Waals surface area (Å²) < 4.78 is 0. The fraction of sp³-hybridized carbons (Fsp3) is 0.476. The third kappa shape index (κ3) is 10.3. The highest BCUT2D eigenvalue weighted by atomic mass is 32.1. The van der Waals surface area contributed by atoms with Gasteiger partial charge >= 0.3 is 5.97 Å². The second-order valence-corrected chi connectivity index (χ2v) is 16.2. The van der Waals surface area contributed by atoms with Crippen molar-refractivity contribution in [2.75, 3.05) is 6.54 Å². The highest BCUT2D eigenvalue weighted by molar-refractivity contribution is 7.14. The molecule has 0 unspecified atom stereocenters. The van der Waals surface area contributed by atoms with Crippen molar-refractivity contribution in [3.05, 3.63) is 93.9 Å². The summed E-state index contributed by atoms with van der Waals surface area (Å²) in [5, 5.41) is 15.6. The molecule has 0 aliphatic heterocycles. The molecule has 0 bridgehead atoms. The minimum atomic E-state index is -0.930. The number of aliphatic carboxylic acids is 1. The third-order valence-electron chi connectivity index (χ3n) is 10.1. The van der Waals surface area contributed by atoms with Crippen LogP contribution in [-0.4, -0.2) is 45.6 Å². The quantitative estimate of drug-likeness (QED) is 0.107. The molecule has 266 valence electrons. The van der Waals surface area contributed by atoms with E-state index in [2.05, 4.69) is 62.6 Å². The Morgan fingerprint density at radius 2 is 1.54 bits per heavy atom. The van der Waals surface area contributed by atoms with E-state index in [1.54, 1.807) is 6.92 Å². The predicted octanol–water partition coefficient (Wildman–Crippen LogP) is 9.43. The molecule has 4 aromatic rings. The summed E-state index contributed by atoms with van der Waals surface area (Å²) in [4.78, 5) is 35.8. The van der Waals surface area contributed by atoms with Gasteiger partial charge in [-0.1, -0.05) is 102 Å². The summed E-state index contributed by atoms with van der Waals surface area (Å²) in [6, 6.07) is 19.9. The lowest BCUT2D eigenvalue weighted by Crippen LogP contribution is -2.47. The second kappa shape index (κ2) is 17.4. The fourth-order valence-corrected chi connectivity index (χ4v) is 7.78. The van der Waals surface area contributed by atoms with Crippen molar-refractivity contribution in [2.45, 2.75) is 116 Å². The van der Waals surface area contributed by atoms with Crippen LogP contribution in [0.3, 0.4) is 0 Å². The first-order chi connectivity index (χ1) is 24.0. The number of benzene rings is 2. The molecule has 2 heterocycles. The number of aromatic nitrogens is 2. The number of thiophene rings is 1. The summed E-state index contributed by atoms with van der Waals surface area (Å²) >= 11 is 1.49. The Hall–Kier alpha value is -3.88. The van der Waals surface area contributed by atoms with Gasteiger partial charge < -0.3 is 15.7 Å². The van der Waals surface area contributed by atoms with Crippen LogP contribution in [0.25, 0.3) is 22.5 Å². The summed E-state index contributed by atoms with van der Waals surface area (Å²) in [6.45, 7) is 10.6. The van der Waals surface area contributed by atoms with Crippen molar-refractivity contribution in [3.8, 4) is 22.5 Å². The maximum absolute atomic E-state index is 13.2. The third-order valence-corrected chi connectivity index (χ3v) is 11.6. The second-order valence-electron chi connectivity index (χ2n) is 15.1. The van der Waals surface area contributed by atoms with Crippen LogP contribution in [0.1, 0.15) is 118 Å². The SMILES string of the molecule is CCCCCC1CCC(c2ccc(-c3cnc(-c4ccc(C[C@@H](CN[C@H](C)C(=O)O)NC(=O)c5ccc(C(C)(C)C)s5)cc4)nc3)cc2)CC1. The van der Waals surface area contributed by atoms with Gasteiger partial charge in [-0.2, -0.15) is 0 Å². The number of carbonyl (C=O) groups is 2. The van der Waals surface area contributed by atoms with E-state index in [1.165, 1.54) is 68.3 Å². The van der Waals surface area contributed by atoms with Crippen LogP contribution in [-0.2, 0) is 16.6 Å². The molecule has 1 fully saturated rings. The summed E-state index contributed by atoms with van der Waals surface area (Å²) in [6.07, 6.45) is 15.1. The number of hydrogen-bond donors (Lipinski definition) is 3. The van der Waals surface area contributed by atoms with E-state index in [0.29, 0.717) is 29.6 Å². The lowest BCUT2D eigenvalue weighted by molar-refractivity contribution is -0.139. The van der Waals surface area contributed by atoms with Crippen molar-refractivity contribution in [1.82, 2.24) is 20.6 Å². The van der Waals surface area contributed by atoms with Crippen LogP contribution in [0.2, 0.25) is 0 Å². The standard InChI is InChI=1S/C42H54N4O3S/c1-6-7-8-9-29-10-14-31(15-11-29)32-18-20-33(21-19-32)35-25-44-39(45-26-35)34-16-12-30(13-17-34)24-36(27-43-28(2)41(48)49)46-40(47)37-22-23-38(50-37)42(3,4)5/h12-13,16-23,25-26,28-29,31,36,43H,6-11,14-15,24,27H2,1-5H3,(H,46,47)(H,48,49)/t28-,29?,31?,36+/m1/s1. The van der Waals surface area contributed by atoms with E-state index in [0.717, 1.165) is 33.0 Å². The molecule has 0 saturated heterocycles. The van der Waals surface area contributed by atoms with Gasteiger partial charge in [-0.15, -0.1) is 11.3 Å². The molecular weight excluding hydrogens is 641 g/mol. The minimum absolute atomic E-state index is 0.0371. The molecule has 1 aliphatic carbocycles. The van der Waals surface area contributed by atoms with Gasteiger partial charge in [0.15, 0.2) is 5.82 Å². The zero-order valence-electron chi connectivity index (χ0n) is 30.4. The number of rotatable bonds is 15. The molecule has 1 amide bonds. The van der Waals surface area contributed by atoms with Crippen LogP contribution in [0.4, 0.5) is 0 Å². The normalized spacial score (nSPS) is 17.6. The van der Waals surface area contributed by atoms with Gasteiger partial charge in [0.05, 0.1) is 4.88 Å². The Morgan fingerprint density at radius 1 is 0.880 bits per heavy atom. The molecule has 50 heavy (non-hydrogen) atoms. The van der Waals surface area contributed by atoms with Crippen LogP contribution in [0, 0.1) is 5.92 Å². The molecule has 2 aromatic carbocycles. The molecule has 8 heteroatoms. The molecular formula is C42H54N4O3S. The number of carboxylic acids is 1. The molecule has 2 aromatic heterocycles. The zero-order chi connectivity index (χ0) is 35.7. The van der Waals surface area contributed by atoms with Crippen molar-refractivity contribution in [2.24, 2.45) is 5.92 Å². The van der Waals surface area contributed by atoms with Gasteiger partial charge in [0.1, 0.15) is 6.04 Å². The highest BCUT2D eigenvalue weighted by Gasteiger charge is 2.23. The van der Waals surface area contributed by atoms with Crippen LogP contribution in [0.15, 0.2) is 73.1 Å². The number of unbranched alkanes of at least 4 members (excludes halogenated alkanes) is 2. The fourth-order valence-electron chi connectivity index (χ4n) is 6.82. The Labute approximate surface area is 302 Å². The van der Waals surface area contributed by atoms with Crippen molar-refractivity contribution in [3.63, 3.8) is 0 Å². The van der Waals surface area contributed by atoms with Gasteiger partial charge in [0.25, 0.3) is 5.91 Å². The van der Waals surface area contributed by atoms with E-state index < -0.39 is 12.0 Å². The van der Waals surface area contributed by atoms with Crippen LogP contribution >= 0.6 is 11.3 Å². The maximum Gasteiger partial charge on any atom is 0.320 e. The molecule has 7 nitrogen and oxygen atoms in total. The first kappa shape index (κ1) is 37.4. The Morgan fingerprint density at radius 3 is 2.14 bits per heavy atom. The topological polar surface area (TPSA) is 104 Å². The summed E-state index contributed by atoms with van der Waals surface area (Å²) in [7, 11) is 0. The smallest absolute Gasteiger partial charge is 0.320 e. The number of hydrogen-bond acceptors (Lipinski definition) is 6. The average molecular weight is 695 g/mol. The largest absolute Gasteiger partial charge is 0.480 e. The predicted molar refractivity (Wildman–Crippen MR) is 205 cm³/mol.